The summed E-state index contributed by atoms with van der Waals surface area (Å²) in [6.07, 6.45) is 0.783. The molecule has 0 spiro atoms. The van der Waals surface area contributed by atoms with Crippen LogP contribution in [0.2, 0.25) is 5.15 Å². The lowest BCUT2D eigenvalue weighted by Crippen LogP contribution is -2.23. The van der Waals surface area contributed by atoms with Crippen LogP contribution in [0.15, 0.2) is 0 Å². The van der Waals surface area contributed by atoms with E-state index in [1.54, 1.807) is 4.68 Å². The van der Waals surface area contributed by atoms with Crippen molar-refractivity contribution in [3.05, 3.63) is 16.4 Å². The average molecular weight is 240 g/mol. The zero-order valence-corrected chi connectivity index (χ0v) is 11.3. The summed E-state index contributed by atoms with van der Waals surface area (Å²) in [4.78, 5) is 0. The number of halogens is 1. The molecule has 0 aromatic carbocycles. The second-order valence-corrected chi connectivity index (χ2v) is 5.76. The maximum absolute atomic E-state index is 9.10. The molecule has 0 fully saturated rings. The first-order chi connectivity index (χ1) is 7.27. The maximum Gasteiger partial charge on any atom is 0.145 e. The molecule has 0 aliphatic heterocycles. The molecule has 0 saturated heterocycles. The van der Waals surface area contributed by atoms with Gasteiger partial charge in [0.1, 0.15) is 16.8 Å². The van der Waals surface area contributed by atoms with E-state index in [1.165, 1.54) is 0 Å². The fourth-order valence-corrected chi connectivity index (χ4v) is 1.97. The van der Waals surface area contributed by atoms with Gasteiger partial charge in [0, 0.05) is 0 Å². The van der Waals surface area contributed by atoms with E-state index in [9.17, 15) is 0 Å². The predicted octanol–water partition coefficient (Wildman–Crippen LogP) is 3.36. The van der Waals surface area contributed by atoms with Crippen molar-refractivity contribution < 1.29 is 0 Å². The zero-order chi connectivity index (χ0) is 12.5. The van der Waals surface area contributed by atoms with Crippen molar-refractivity contribution in [1.82, 2.24) is 9.78 Å². The molecular formula is C12H18ClN3. The lowest BCUT2D eigenvalue weighted by atomic mass is 10.1. The van der Waals surface area contributed by atoms with Gasteiger partial charge in [-0.3, -0.25) is 0 Å². The minimum Gasteiger partial charge on any atom is -0.247 e. The van der Waals surface area contributed by atoms with Crippen LogP contribution >= 0.6 is 11.6 Å². The summed E-state index contributed by atoms with van der Waals surface area (Å²) in [5.41, 5.74) is 1.13. The van der Waals surface area contributed by atoms with Crippen molar-refractivity contribution in [2.75, 3.05) is 0 Å². The Bertz CT molecular complexity index is 419. The number of rotatable bonds is 2. The van der Waals surface area contributed by atoms with Gasteiger partial charge in [0.05, 0.1) is 11.2 Å². The Morgan fingerprint density at radius 1 is 1.44 bits per heavy atom. The SMILES string of the molecule is CC(C)Cc1nn(C(C)(C)C)c(Cl)c1C#N. The summed E-state index contributed by atoms with van der Waals surface area (Å²) in [7, 11) is 0. The Hall–Kier alpha value is -1.01. The van der Waals surface area contributed by atoms with E-state index in [4.69, 9.17) is 16.9 Å². The topological polar surface area (TPSA) is 41.6 Å². The van der Waals surface area contributed by atoms with Crippen LogP contribution in [0.5, 0.6) is 0 Å². The molecule has 0 aliphatic carbocycles. The third kappa shape index (κ3) is 2.56. The number of hydrogen-bond donors (Lipinski definition) is 0. The van der Waals surface area contributed by atoms with Crippen LogP contribution in [0.25, 0.3) is 0 Å². The first-order valence-corrected chi connectivity index (χ1v) is 5.83. The molecule has 0 aliphatic rings. The first-order valence-electron chi connectivity index (χ1n) is 5.45. The second kappa shape index (κ2) is 4.47. The lowest BCUT2D eigenvalue weighted by Gasteiger charge is -2.20. The van der Waals surface area contributed by atoms with E-state index in [0.717, 1.165) is 12.1 Å². The van der Waals surface area contributed by atoms with Gasteiger partial charge in [-0.25, -0.2) is 4.68 Å². The van der Waals surface area contributed by atoms with Gasteiger partial charge in [-0.1, -0.05) is 25.4 Å². The van der Waals surface area contributed by atoms with E-state index >= 15 is 0 Å². The Morgan fingerprint density at radius 2 is 2.00 bits per heavy atom. The third-order valence-electron chi connectivity index (χ3n) is 2.25. The highest BCUT2D eigenvalue weighted by molar-refractivity contribution is 6.30. The van der Waals surface area contributed by atoms with Crippen LogP contribution < -0.4 is 0 Å². The van der Waals surface area contributed by atoms with Crippen LogP contribution in [0, 0.1) is 17.2 Å². The molecule has 1 heterocycles. The fourth-order valence-electron chi connectivity index (χ4n) is 1.52. The highest BCUT2D eigenvalue weighted by Gasteiger charge is 2.23. The Labute approximate surface area is 102 Å². The van der Waals surface area contributed by atoms with E-state index in [1.807, 2.05) is 20.8 Å². The smallest absolute Gasteiger partial charge is 0.145 e. The van der Waals surface area contributed by atoms with Crippen molar-refractivity contribution in [2.24, 2.45) is 5.92 Å². The largest absolute Gasteiger partial charge is 0.247 e. The Morgan fingerprint density at radius 3 is 2.38 bits per heavy atom. The summed E-state index contributed by atoms with van der Waals surface area (Å²) >= 11 is 6.18. The summed E-state index contributed by atoms with van der Waals surface area (Å²) in [6, 6.07) is 2.15. The van der Waals surface area contributed by atoms with Crippen molar-refractivity contribution in [3.8, 4) is 6.07 Å². The third-order valence-corrected chi connectivity index (χ3v) is 2.60. The first kappa shape index (κ1) is 13.1. The molecule has 0 atom stereocenters. The number of nitrogens with zero attached hydrogens (tertiary/aromatic N) is 3. The highest BCUT2D eigenvalue weighted by atomic mass is 35.5. The molecule has 0 saturated carbocycles. The van der Waals surface area contributed by atoms with E-state index in [0.29, 0.717) is 16.6 Å². The Kier molecular flexibility index (Phi) is 3.64. The summed E-state index contributed by atoms with van der Waals surface area (Å²) < 4.78 is 1.73. The molecule has 1 rings (SSSR count). The molecule has 88 valence electrons. The minimum absolute atomic E-state index is 0.197. The number of aromatic nitrogens is 2. The molecule has 0 amide bonds. The monoisotopic (exact) mass is 239 g/mol. The minimum atomic E-state index is -0.197. The van der Waals surface area contributed by atoms with Gasteiger partial charge in [0.15, 0.2) is 0 Å². The molecule has 1 aromatic rings. The highest BCUT2D eigenvalue weighted by Crippen LogP contribution is 2.27. The number of hydrogen-bond acceptors (Lipinski definition) is 2. The molecule has 0 radical (unpaired) electrons. The van der Waals surface area contributed by atoms with E-state index in [-0.39, 0.29) is 5.54 Å². The molecule has 3 nitrogen and oxygen atoms in total. The summed E-state index contributed by atoms with van der Waals surface area (Å²) in [5, 5.41) is 14.0. The van der Waals surface area contributed by atoms with Gasteiger partial charge < -0.3 is 0 Å². The molecule has 0 unspecified atom stereocenters. The summed E-state index contributed by atoms with van der Waals surface area (Å²) in [6.45, 7) is 10.3. The zero-order valence-electron chi connectivity index (χ0n) is 10.5. The summed E-state index contributed by atoms with van der Waals surface area (Å²) in [5.74, 6) is 0.464. The molecule has 1 aromatic heterocycles. The maximum atomic E-state index is 9.10. The quantitative estimate of drug-likeness (QED) is 0.794. The Balaban J connectivity index is 3.27. The predicted molar refractivity (Wildman–Crippen MR) is 65.5 cm³/mol. The van der Waals surface area contributed by atoms with Crippen molar-refractivity contribution >= 4 is 11.6 Å². The number of nitriles is 1. The van der Waals surface area contributed by atoms with Gasteiger partial charge in [-0.2, -0.15) is 10.4 Å². The van der Waals surface area contributed by atoms with Gasteiger partial charge in [-0.15, -0.1) is 0 Å². The van der Waals surface area contributed by atoms with Gasteiger partial charge in [0.25, 0.3) is 0 Å². The van der Waals surface area contributed by atoms with Crippen molar-refractivity contribution in [2.45, 2.75) is 46.6 Å². The van der Waals surface area contributed by atoms with Crippen LogP contribution in [0.3, 0.4) is 0 Å². The molecule has 0 bridgehead atoms. The van der Waals surface area contributed by atoms with Crippen molar-refractivity contribution in [3.63, 3.8) is 0 Å². The molecular weight excluding hydrogens is 222 g/mol. The molecule has 16 heavy (non-hydrogen) atoms. The van der Waals surface area contributed by atoms with Crippen LogP contribution in [-0.2, 0) is 12.0 Å². The van der Waals surface area contributed by atoms with Crippen molar-refractivity contribution in [1.29, 1.82) is 5.26 Å². The lowest BCUT2D eigenvalue weighted by molar-refractivity contribution is 0.353. The molecule has 0 N–H and O–H groups in total. The van der Waals surface area contributed by atoms with Crippen LogP contribution in [0.1, 0.15) is 45.9 Å². The van der Waals surface area contributed by atoms with E-state index < -0.39 is 0 Å². The van der Waals surface area contributed by atoms with Gasteiger partial charge in [0.2, 0.25) is 0 Å². The molecule has 4 heteroatoms. The van der Waals surface area contributed by atoms with Gasteiger partial charge >= 0.3 is 0 Å². The fraction of sp³-hybridized carbons (Fsp3) is 0.667. The standard InChI is InChI=1S/C12H18ClN3/c1-8(2)6-10-9(7-14)11(13)16(15-10)12(3,4)5/h8H,6H2,1-5H3. The van der Waals surface area contributed by atoms with E-state index in [2.05, 4.69) is 25.0 Å². The average Bonchev–Trinajstić information content (AvgIpc) is 2.40. The van der Waals surface area contributed by atoms with Crippen LogP contribution in [-0.4, -0.2) is 9.78 Å². The second-order valence-electron chi connectivity index (χ2n) is 5.40. The van der Waals surface area contributed by atoms with Crippen LogP contribution in [0.4, 0.5) is 0 Å². The van der Waals surface area contributed by atoms with Gasteiger partial charge in [-0.05, 0) is 33.1 Å². The normalized spacial score (nSPS) is 11.9.